The number of carbonyl (C=O) groups is 1. The molecule has 1 aromatic heterocycles. The lowest BCUT2D eigenvalue weighted by atomic mass is 9.85. The van der Waals surface area contributed by atoms with Gasteiger partial charge in [-0.25, -0.2) is 27.0 Å². The van der Waals surface area contributed by atoms with Crippen LogP contribution < -0.4 is 10.5 Å². The molecular formula is C25H35N3O6S3. The summed E-state index contributed by atoms with van der Waals surface area (Å²) in [5, 5.41) is 19.3. The number of sulfone groups is 1. The quantitative estimate of drug-likeness (QED) is 0.462. The maximum atomic E-state index is 13.1. The number of aromatic nitrogens is 1. The average molecular weight is 570 g/mol. The Hall–Kier alpha value is -1.86. The van der Waals surface area contributed by atoms with Crippen molar-refractivity contribution >= 4 is 37.1 Å². The molecule has 2 aromatic rings. The Balaban J connectivity index is 1.69. The van der Waals surface area contributed by atoms with Gasteiger partial charge in [0.2, 0.25) is 10.0 Å². The smallest absolute Gasteiger partial charge is 0.280 e. The van der Waals surface area contributed by atoms with Gasteiger partial charge in [-0.3, -0.25) is 4.79 Å². The number of primary sulfonamides is 1. The molecule has 1 aliphatic carbocycles. The largest absolute Gasteiger partial charge is 0.386 e. The van der Waals surface area contributed by atoms with Crippen molar-refractivity contribution in [2.24, 2.45) is 11.1 Å². The molecule has 12 heteroatoms. The SMILES string of the molecule is CC(C)(O)c1cc(-c2sc(C(=O)NC3CCS(=O)(=O)CC3)nc2CC2CCCCC2)ccc1S(N)(=O)=O. The van der Waals surface area contributed by atoms with Crippen molar-refractivity contribution in [1.82, 2.24) is 10.3 Å². The van der Waals surface area contributed by atoms with Gasteiger partial charge in [-0.2, -0.15) is 0 Å². The van der Waals surface area contributed by atoms with Crippen molar-refractivity contribution in [2.75, 3.05) is 11.5 Å². The number of sulfonamides is 1. The minimum absolute atomic E-state index is 0.0596. The second-order valence-corrected chi connectivity index (χ2v) is 15.6. The van der Waals surface area contributed by atoms with E-state index in [2.05, 4.69) is 5.32 Å². The Morgan fingerprint density at radius 2 is 1.81 bits per heavy atom. The zero-order valence-electron chi connectivity index (χ0n) is 21.2. The fourth-order valence-electron chi connectivity index (χ4n) is 5.16. The van der Waals surface area contributed by atoms with Crippen LogP contribution in [0.3, 0.4) is 0 Å². The number of aliphatic hydroxyl groups is 1. The van der Waals surface area contributed by atoms with Gasteiger partial charge >= 0.3 is 0 Å². The van der Waals surface area contributed by atoms with Crippen molar-refractivity contribution in [2.45, 2.75) is 81.8 Å². The van der Waals surface area contributed by atoms with Crippen LogP contribution in [0.2, 0.25) is 0 Å². The lowest BCUT2D eigenvalue weighted by molar-refractivity contribution is 0.0755. The second-order valence-electron chi connectivity index (χ2n) is 10.7. The number of hydrogen-bond donors (Lipinski definition) is 3. The molecule has 4 N–H and O–H groups in total. The van der Waals surface area contributed by atoms with Crippen molar-refractivity contribution in [3.05, 3.63) is 34.5 Å². The van der Waals surface area contributed by atoms with Crippen molar-refractivity contribution < 1.29 is 26.7 Å². The summed E-state index contributed by atoms with van der Waals surface area (Å²) < 4.78 is 47.8. The molecule has 1 aliphatic heterocycles. The predicted molar refractivity (Wildman–Crippen MR) is 144 cm³/mol. The van der Waals surface area contributed by atoms with Crippen LogP contribution in [0.4, 0.5) is 0 Å². The van der Waals surface area contributed by atoms with Crippen LogP contribution in [-0.4, -0.2) is 50.4 Å². The molecule has 9 nitrogen and oxygen atoms in total. The van der Waals surface area contributed by atoms with E-state index in [0.717, 1.165) is 36.3 Å². The number of rotatable bonds is 7. The molecule has 2 fully saturated rings. The number of benzene rings is 1. The molecule has 2 heterocycles. The van der Waals surface area contributed by atoms with Gasteiger partial charge in [0.1, 0.15) is 9.84 Å². The molecule has 2 aliphatic rings. The van der Waals surface area contributed by atoms with Crippen LogP contribution in [0.1, 0.15) is 79.9 Å². The van der Waals surface area contributed by atoms with Gasteiger partial charge in [0.15, 0.2) is 5.01 Å². The third kappa shape index (κ3) is 6.97. The van der Waals surface area contributed by atoms with Crippen LogP contribution in [0.5, 0.6) is 0 Å². The number of hydrogen-bond acceptors (Lipinski definition) is 8. The summed E-state index contributed by atoms with van der Waals surface area (Å²) in [7, 11) is -7.10. The van der Waals surface area contributed by atoms with Gasteiger partial charge in [-0.1, -0.05) is 38.2 Å². The van der Waals surface area contributed by atoms with E-state index in [4.69, 9.17) is 10.1 Å². The van der Waals surface area contributed by atoms with Gasteiger partial charge in [0, 0.05) is 11.6 Å². The molecule has 204 valence electrons. The summed E-state index contributed by atoms with van der Waals surface area (Å²) in [6.07, 6.45) is 7.19. The van der Waals surface area contributed by atoms with Gasteiger partial charge in [-0.15, -0.1) is 11.3 Å². The monoisotopic (exact) mass is 569 g/mol. The van der Waals surface area contributed by atoms with E-state index in [-0.39, 0.29) is 38.9 Å². The first kappa shape index (κ1) is 28.2. The summed E-state index contributed by atoms with van der Waals surface area (Å²) in [5.74, 6) is 0.231. The normalized spacial score (nSPS) is 19.6. The Morgan fingerprint density at radius 3 is 2.41 bits per heavy atom. The molecule has 1 aromatic carbocycles. The molecule has 0 bridgehead atoms. The first-order valence-electron chi connectivity index (χ1n) is 12.6. The van der Waals surface area contributed by atoms with E-state index < -0.39 is 25.5 Å². The summed E-state index contributed by atoms with van der Waals surface area (Å²) in [6, 6.07) is 4.43. The van der Waals surface area contributed by atoms with E-state index in [1.54, 1.807) is 12.1 Å². The fraction of sp³-hybridized carbons (Fsp3) is 0.600. The van der Waals surface area contributed by atoms with E-state index in [1.807, 2.05) is 0 Å². The second kappa shape index (κ2) is 10.7. The molecule has 1 saturated carbocycles. The van der Waals surface area contributed by atoms with Gasteiger partial charge in [0.25, 0.3) is 5.91 Å². The van der Waals surface area contributed by atoms with Crippen LogP contribution in [0.15, 0.2) is 23.1 Å². The van der Waals surface area contributed by atoms with Gasteiger partial charge in [0.05, 0.1) is 32.6 Å². The van der Waals surface area contributed by atoms with Gasteiger partial charge < -0.3 is 10.4 Å². The van der Waals surface area contributed by atoms with Gasteiger partial charge in [-0.05, 0) is 56.7 Å². The number of nitrogens with one attached hydrogen (secondary N) is 1. The highest BCUT2D eigenvalue weighted by atomic mass is 32.2. The number of amides is 1. The highest BCUT2D eigenvalue weighted by Gasteiger charge is 2.29. The molecule has 4 rings (SSSR count). The van der Waals surface area contributed by atoms with Crippen LogP contribution in [0.25, 0.3) is 10.4 Å². The highest BCUT2D eigenvalue weighted by Crippen LogP contribution is 2.38. The minimum Gasteiger partial charge on any atom is -0.386 e. The Labute approximate surface area is 222 Å². The topological polar surface area (TPSA) is 157 Å². The fourth-order valence-corrected chi connectivity index (χ4v) is 8.51. The number of nitrogens with two attached hydrogens (primary N) is 1. The van der Waals surface area contributed by atoms with Crippen LogP contribution in [0, 0.1) is 5.92 Å². The summed E-state index contributed by atoms with van der Waals surface area (Å²) in [5.41, 5.74) is 0.154. The third-order valence-corrected chi connectivity index (χ3v) is 11.0. The van der Waals surface area contributed by atoms with Crippen molar-refractivity contribution in [1.29, 1.82) is 0 Å². The number of thiazole rings is 1. The third-order valence-electron chi connectivity index (χ3n) is 7.20. The summed E-state index contributed by atoms with van der Waals surface area (Å²) in [4.78, 5) is 18.5. The van der Waals surface area contributed by atoms with E-state index >= 15 is 0 Å². The summed E-state index contributed by atoms with van der Waals surface area (Å²) in [6.45, 7) is 3.00. The highest BCUT2D eigenvalue weighted by molar-refractivity contribution is 7.91. The molecule has 1 amide bonds. The molecular weight excluding hydrogens is 534 g/mol. The minimum atomic E-state index is -4.06. The lowest BCUT2D eigenvalue weighted by Gasteiger charge is -2.22. The van der Waals surface area contributed by atoms with Crippen molar-refractivity contribution in [3.8, 4) is 10.4 Å². The zero-order chi connectivity index (χ0) is 27.0. The van der Waals surface area contributed by atoms with E-state index in [0.29, 0.717) is 30.7 Å². The molecule has 37 heavy (non-hydrogen) atoms. The number of nitrogens with zero attached hydrogens (tertiary/aromatic N) is 1. The Kier molecular flexibility index (Phi) is 8.16. The molecule has 1 saturated heterocycles. The maximum absolute atomic E-state index is 13.1. The van der Waals surface area contributed by atoms with Crippen LogP contribution >= 0.6 is 11.3 Å². The van der Waals surface area contributed by atoms with E-state index in [1.165, 1.54) is 37.7 Å². The maximum Gasteiger partial charge on any atom is 0.280 e. The first-order valence-corrected chi connectivity index (χ1v) is 16.8. The predicted octanol–water partition coefficient (Wildman–Crippen LogP) is 3.11. The first-order chi connectivity index (χ1) is 17.2. The molecule has 0 spiro atoms. The molecule has 0 atom stereocenters. The lowest BCUT2D eigenvalue weighted by Crippen LogP contribution is -2.40. The Morgan fingerprint density at radius 1 is 1.16 bits per heavy atom. The molecule has 0 radical (unpaired) electrons. The van der Waals surface area contributed by atoms with Crippen LogP contribution in [-0.2, 0) is 31.9 Å². The standard InChI is InChI=1S/C25H35N3O6S3/c1-25(2,30)19-15-17(8-9-21(19)37(26,33)34)22-20(14-16-6-4-3-5-7-16)28-24(35-22)23(29)27-18-10-12-36(31,32)13-11-18/h8-9,15-16,18,30H,3-7,10-14H2,1-2H3,(H,27,29)(H2,26,33,34). The Bertz CT molecular complexity index is 1360. The number of carbonyl (C=O) groups excluding carboxylic acids is 1. The van der Waals surface area contributed by atoms with Crippen molar-refractivity contribution in [3.63, 3.8) is 0 Å². The summed E-state index contributed by atoms with van der Waals surface area (Å²) >= 11 is 1.23. The van der Waals surface area contributed by atoms with E-state index in [9.17, 15) is 26.7 Å². The molecule has 0 unspecified atom stereocenters. The average Bonchev–Trinajstić information content (AvgIpc) is 3.23. The zero-order valence-corrected chi connectivity index (χ0v) is 23.6.